The minimum Gasteiger partial charge on any atom is -0.308 e. The van der Waals surface area contributed by atoms with Crippen molar-refractivity contribution in [2.24, 2.45) is 0 Å². The van der Waals surface area contributed by atoms with Crippen molar-refractivity contribution in [2.45, 2.75) is 6.18 Å². The van der Waals surface area contributed by atoms with E-state index in [1.807, 2.05) is 130 Å². The molecule has 2 aromatic heterocycles. The van der Waals surface area contributed by atoms with Crippen LogP contribution in [0.2, 0.25) is 0 Å². The molecule has 9 heteroatoms. The smallest absolute Gasteiger partial charge is 0.308 e. The quantitative estimate of drug-likeness (QED) is 0.173. The van der Waals surface area contributed by atoms with Gasteiger partial charge in [0.05, 0.1) is 73.9 Å². The Morgan fingerprint density at radius 2 is 0.935 bits per heavy atom. The van der Waals surface area contributed by atoms with Gasteiger partial charge in [-0.1, -0.05) is 84.9 Å². The molecular weight excluding hydrogens is 778 g/mol. The Hall–Kier alpha value is -8.89. The Labute approximate surface area is 352 Å². The van der Waals surface area contributed by atoms with Crippen LogP contribution in [0.1, 0.15) is 27.8 Å². The molecule has 0 bridgehead atoms. The predicted octanol–water partition coefficient (Wildman–Crippen LogP) is 13.4. The van der Waals surface area contributed by atoms with Gasteiger partial charge in [-0.05, 0) is 101 Å². The zero-order valence-electron chi connectivity index (χ0n) is 32.4. The van der Waals surface area contributed by atoms with Crippen LogP contribution < -0.4 is 0 Å². The maximum atomic E-state index is 15.1. The Morgan fingerprint density at radius 3 is 1.48 bits per heavy atom. The monoisotopic (exact) mass is 804 g/mol. The number of nitrogens with zero attached hydrogens (tertiary/aromatic N) is 6. The molecule has 6 nitrogen and oxygen atoms in total. The number of hydrogen-bond acceptors (Lipinski definition) is 4. The van der Waals surface area contributed by atoms with Crippen LogP contribution in [0.4, 0.5) is 13.2 Å². The molecule has 290 valence electrons. The summed E-state index contributed by atoms with van der Waals surface area (Å²) in [6, 6.07) is 57.2. The van der Waals surface area contributed by atoms with Crippen molar-refractivity contribution in [3.63, 3.8) is 0 Å². The number of hydrogen-bond donors (Lipinski definition) is 0. The molecule has 0 aliphatic carbocycles. The van der Waals surface area contributed by atoms with Gasteiger partial charge < -0.3 is 9.13 Å². The van der Waals surface area contributed by atoms with Crippen LogP contribution in [0.3, 0.4) is 0 Å². The zero-order valence-corrected chi connectivity index (χ0v) is 32.4. The molecule has 62 heavy (non-hydrogen) atoms. The molecule has 2 heterocycles. The largest absolute Gasteiger partial charge is 0.417 e. The molecule has 8 aromatic carbocycles. The van der Waals surface area contributed by atoms with E-state index in [0.717, 1.165) is 60.9 Å². The maximum Gasteiger partial charge on any atom is 0.417 e. The molecule has 0 N–H and O–H groups in total. The van der Waals surface area contributed by atoms with Crippen molar-refractivity contribution < 1.29 is 13.2 Å². The van der Waals surface area contributed by atoms with E-state index >= 15 is 13.2 Å². The van der Waals surface area contributed by atoms with Crippen LogP contribution in [-0.4, -0.2) is 9.13 Å². The van der Waals surface area contributed by atoms with E-state index in [-0.39, 0.29) is 27.9 Å². The van der Waals surface area contributed by atoms with Crippen LogP contribution in [0, 0.1) is 45.3 Å². The fourth-order valence-corrected chi connectivity index (χ4v) is 8.82. The third kappa shape index (κ3) is 5.85. The molecule has 10 aromatic rings. The molecule has 0 radical (unpaired) electrons. The number of halogens is 3. The van der Waals surface area contributed by atoms with Crippen LogP contribution >= 0.6 is 0 Å². The molecule has 0 aliphatic rings. The lowest BCUT2D eigenvalue weighted by atomic mass is 9.90. The van der Waals surface area contributed by atoms with Crippen molar-refractivity contribution in [1.82, 2.24) is 9.13 Å². The van der Waals surface area contributed by atoms with Crippen LogP contribution in [-0.2, 0) is 6.18 Å². The van der Waals surface area contributed by atoms with Gasteiger partial charge in [0.25, 0.3) is 0 Å². The molecule has 0 amide bonds. The maximum absolute atomic E-state index is 15.1. The first kappa shape index (κ1) is 37.4. The summed E-state index contributed by atoms with van der Waals surface area (Å²) in [6.07, 6.45) is -4.84. The van der Waals surface area contributed by atoms with Gasteiger partial charge in [0, 0.05) is 32.7 Å². The van der Waals surface area contributed by atoms with Crippen molar-refractivity contribution in [3.8, 4) is 69.0 Å². The van der Waals surface area contributed by atoms with Gasteiger partial charge in [-0.25, -0.2) is 0 Å². The topological polar surface area (TPSA) is 105 Å². The van der Waals surface area contributed by atoms with Crippen molar-refractivity contribution in [1.29, 1.82) is 21.0 Å². The number of nitriles is 4. The second kappa shape index (κ2) is 14.4. The van der Waals surface area contributed by atoms with Gasteiger partial charge in [-0.15, -0.1) is 0 Å². The minimum atomic E-state index is -4.84. The predicted molar refractivity (Wildman–Crippen MR) is 235 cm³/mol. The first-order valence-electron chi connectivity index (χ1n) is 19.5. The molecular formula is C53H27F3N6. The Bertz CT molecular complexity index is 3690. The summed E-state index contributed by atoms with van der Waals surface area (Å²) in [4.78, 5) is 0. The van der Waals surface area contributed by atoms with Crippen molar-refractivity contribution in [3.05, 3.63) is 192 Å². The van der Waals surface area contributed by atoms with Gasteiger partial charge in [-0.2, -0.15) is 34.2 Å². The van der Waals surface area contributed by atoms with Gasteiger partial charge >= 0.3 is 6.18 Å². The van der Waals surface area contributed by atoms with E-state index in [1.165, 1.54) is 12.1 Å². The summed E-state index contributed by atoms with van der Waals surface area (Å²) in [5.41, 5.74) is 6.40. The average Bonchev–Trinajstić information content (AvgIpc) is 3.82. The van der Waals surface area contributed by atoms with Gasteiger partial charge in [0.2, 0.25) is 0 Å². The summed E-state index contributed by atoms with van der Waals surface area (Å²) < 4.78 is 49.1. The molecule has 0 atom stereocenters. The van der Waals surface area contributed by atoms with E-state index < -0.39 is 11.7 Å². The van der Waals surface area contributed by atoms with Gasteiger partial charge in [0.1, 0.15) is 11.6 Å². The molecule has 10 rings (SSSR count). The van der Waals surface area contributed by atoms with Crippen molar-refractivity contribution >= 4 is 43.6 Å². The second-order valence-corrected chi connectivity index (χ2v) is 14.9. The lowest BCUT2D eigenvalue weighted by Crippen LogP contribution is -2.11. The normalized spacial score (nSPS) is 11.4. The number of para-hydroxylation sites is 2. The van der Waals surface area contributed by atoms with Crippen LogP contribution in [0.15, 0.2) is 164 Å². The van der Waals surface area contributed by atoms with E-state index in [1.54, 1.807) is 30.3 Å². The number of fused-ring (bicyclic) bond motifs is 6. The Balaban J connectivity index is 1.33. The van der Waals surface area contributed by atoms with Crippen LogP contribution in [0.25, 0.3) is 88.4 Å². The number of benzene rings is 8. The van der Waals surface area contributed by atoms with Gasteiger partial charge in [-0.3, -0.25) is 0 Å². The Kier molecular flexibility index (Phi) is 8.70. The minimum absolute atomic E-state index is 0.0589. The molecule has 0 aliphatic heterocycles. The fraction of sp³-hybridized carbons (Fsp3) is 0.0189. The summed E-state index contributed by atoms with van der Waals surface area (Å²) >= 11 is 0. The SMILES string of the molecule is N#Cc1cccc(-c2ccc3c(c2)c2ccccc2n3-c2ccc(-c3c(C#N)cccc3C(F)(F)F)c(-n3c4ccccc4c4cc(-c5cccc(C#N)c5)ccc43)c2C#N)c1. The lowest BCUT2D eigenvalue weighted by molar-refractivity contribution is -0.137. The number of rotatable bonds is 5. The summed E-state index contributed by atoms with van der Waals surface area (Å²) in [7, 11) is 0. The van der Waals surface area contributed by atoms with Crippen LogP contribution in [0.5, 0.6) is 0 Å². The first-order chi connectivity index (χ1) is 30.2. The second-order valence-electron chi connectivity index (χ2n) is 14.9. The highest BCUT2D eigenvalue weighted by atomic mass is 19.4. The summed E-state index contributed by atoms with van der Waals surface area (Å²) in [6.45, 7) is 0. The van der Waals surface area contributed by atoms with E-state index in [2.05, 4.69) is 18.2 Å². The van der Waals surface area contributed by atoms with E-state index in [9.17, 15) is 21.0 Å². The highest BCUT2D eigenvalue weighted by molar-refractivity contribution is 6.13. The van der Waals surface area contributed by atoms with Gasteiger partial charge in [0.15, 0.2) is 0 Å². The highest BCUT2D eigenvalue weighted by Gasteiger charge is 2.36. The fourth-order valence-electron chi connectivity index (χ4n) is 8.82. The van der Waals surface area contributed by atoms with E-state index in [4.69, 9.17) is 0 Å². The third-order valence-electron chi connectivity index (χ3n) is 11.5. The molecule has 0 spiro atoms. The summed E-state index contributed by atoms with van der Waals surface area (Å²) in [5, 5.41) is 44.4. The molecule has 0 saturated carbocycles. The summed E-state index contributed by atoms with van der Waals surface area (Å²) in [5.74, 6) is 0. The third-order valence-corrected chi connectivity index (χ3v) is 11.5. The molecule has 0 saturated heterocycles. The highest BCUT2D eigenvalue weighted by Crippen LogP contribution is 2.46. The number of aromatic nitrogens is 2. The zero-order chi connectivity index (χ0) is 42.7. The number of alkyl halides is 3. The molecule has 0 fully saturated rings. The lowest BCUT2D eigenvalue weighted by Gasteiger charge is -2.22. The van der Waals surface area contributed by atoms with E-state index in [0.29, 0.717) is 27.8 Å². The Morgan fingerprint density at radius 1 is 0.419 bits per heavy atom. The molecule has 0 unspecified atom stereocenters. The van der Waals surface area contributed by atoms with Crippen molar-refractivity contribution in [2.75, 3.05) is 0 Å². The average molecular weight is 805 g/mol. The first-order valence-corrected chi connectivity index (χ1v) is 19.5. The standard InChI is InChI=1S/C53H27F3N6/c54-53(55,56)45-15-7-12-38(30-59)51(45)41-20-23-50(61-46-16-3-1-13-39(46)42-26-36(18-21-48(42)61)34-10-5-8-32(24-34)28-57)44(31-60)52(41)62-47-17-4-2-14-40(47)43-27-37(19-22-49(43)62)35-11-6-9-33(25-35)29-58/h1-27H.